The summed E-state index contributed by atoms with van der Waals surface area (Å²) in [5.74, 6) is -1.30. The molecule has 2 fully saturated rings. The summed E-state index contributed by atoms with van der Waals surface area (Å²) in [7, 11) is 4.56. The zero-order valence-electron chi connectivity index (χ0n) is 26.5. The Morgan fingerprint density at radius 2 is 1.95 bits per heavy atom. The molecule has 2 N–H and O–H groups in total. The van der Waals surface area contributed by atoms with E-state index < -0.39 is 59.6 Å². The molecule has 0 aliphatic carbocycles. The number of nitrogens with zero attached hydrogens (tertiary/aromatic N) is 1. The van der Waals surface area contributed by atoms with Crippen LogP contribution in [0, 0.1) is 11.8 Å². The number of fused-ring (bicyclic) bond motifs is 5. The van der Waals surface area contributed by atoms with Gasteiger partial charge in [0.1, 0.15) is 34.7 Å². The van der Waals surface area contributed by atoms with E-state index in [-0.39, 0.29) is 23.8 Å². The van der Waals surface area contributed by atoms with Gasteiger partial charge in [-0.3, -0.25) is 14.9 Å². The largest absolute Gasteiger partial charge is 0.495 e. The molecule has 4 rings (SSSR count). The second kappa shape index (κ2) is 13.1. The van der Waals surface area contributed by atoms with Gasteiger partial charge in [-0.1, -0.05) is 56.2 Å². The van der Waals surface area contributed by atoms with Gasteiger partial charge >= 0.3 is 12.1 Å². The number of nitrogens with one attached hydrogen (secondary N) is 1. The number of ether oxygens (including phenoxy) is 5. The monoisotopic (exact) mass is 634 g/mol. The van der Waals surface area contributed by atoms with E-state index in [1.165, 1.54) is 19.1 Å². The van der Waals surface area contributed by atoms with Gasteiger partial charge in [-0.05, 0) is 38.0 Å². The van der Waals surface area contributed by atoms with Crippen LogP contribution >= 0.6 is 11.6 Å². The summed E-state index contributed by atoms with van der Waals surface area (Å²) in [6.45, 7) is 8.95. The van der Waals surface area contributed by atoms with Crippen molar-refractivity contribution in [2.75, 3.05) is 26.2 Å². The fourth-order valence-electron chi connectivity index (χ4n) is 5.88. The number of benzene rings is 1. The Balaban J connectivity index is 1.80. The minimum Gasteiger partial charge on any atom is -0.495 e. The molecule has 12 heteroatoms. The molecule has 44 heavy (non-hydrogen) atoms. The SMILES string of the molecule is COc1cc2cc(c1Cl)N(C)C(=O)CC(OC(=O)C(C)C)[C@]1(C)O[C@@H]1C(C)[C@@H]1C[C@@](O)(NC(=O)O1)C(OC)C=CC=C(C)C2. The van der Waals surface area contributed by atoms with E-state index in [1.54, 1.807) is 40.0 Å². The Labute approximate surface area is 263 Å². The molecular formula is C32H43ClN2O9. The number of halogens is 1. The lowest BCUT2D eigenvalue weighted by atomic mass is 9.83. The number of carbonyl (C=O) groups excluding carboxylic acids is 3. The van der Waals surface area contributed by atoms with E-state index >= 15 is 0 Å². The Morgan fingerprint density at radius 3 is 2.59 bits per heavy atom. The lowest BCUT2D eigenvalue weighted by Gasteiger charge is -2.42. The van der Waals surface area contributed by atoms with Crippen molar-refractivity contribution in [3.05, 3.63) is 46.5 Å². The maximum atomic E-state index is 13.8. The average molecular weight is 635 g/mol. The van der Waals surface area contributed by atoms with Gasteiger partial charge in [0, 0.05) is 26.5 Å². The fraction of sp³-hybridized carbons (Fsp3) is 0.594. The molecule has 3 heterocycles. The number of epoxide rings is 1. The quantitative estimate of drug-likeness (QED) is 0.366. The van der Waals surface area contributed by atoms with Gasteiger partial charge in [0.15, 0.2) is 5.72 Å². The molecule has 11 nitrogen and oxygen atoms in total. The van der Waals surface area contributed by atoms with Crippen LogP contribution in [0.25, 0.3) is 0 Å². The number of anilines is 1. The van der Waals surface area contributed by atoms with E-state index in [9.17, 15) is 19.5 Å². The molecule has 1 aromatic rings. The Bertz CT molecular complexity index is 1350. The van der Waals surface area contributed by atoms with Gasteiger partial charge < -0.3 is 33.7 Å². The van der Waals surface area contributed by atoms with E-state index in [2.05, 4.69) is 5.32 Å². The topological polar surface area (TPSA) is 136 Å². The third kappa shape index (κ3) is 6.91. The first-order valence-electron chi connectivity index (χ1n) is 14.7. The minimum atomic E-state index is -1.77. The molecule has 0 radical (unpaired) electrons. The predicted octanol–water partition coefficient (Wildman–Crippen LogP) is 4.32. The lowest BCUT2D eigenvalue weighted by Crippen LogP contribution is -2.63. The van der Waals surface area contributed by atoms with Crippen molar-refractivity contribution in [1.82, 2.24) is 5.32 Å². The van der Waals surface area contributed by atoms with Crippen LogP contribution in [0.15, 0.2) is 35.9 Å². The summed E-state index contributed by atoms with van der Waals surface area (Å²) >= 11 is 6.68. The highest BCUT2D eigenvalue weighted by atomic mass is 35.5. The summed E-state index contributed by atoms with van der Waals surface area (Å²) in [4.78, 5) is 40.7. The number of amides is 2. The Hall–Kier alpha value is -3.12. The van der Waals surface area contributed by atoms with Gasteiger partial charge in [-0.2, -0.15) is 0 Å². The Morgan fingerprint density at radius 1 is 1.25 bits per heavy atom. The van der Waals surface area contributed by atoms with Crippen molar-refractivity contribution in [1.29, 1.82) is 0 Å². The minimum absolute atomic E-state index is 0.00361. The maximum Gasteiger partial charge on any atom is 0.409 e. The lowest BCUT2D eigenvalue weighted by molar-refractivity contribution is -0.157. The van der Waals surface area contributed by atoms with Gasteiger partial charge in [0.25, 0.3) is 0 Å². The van der Waals surface area contributed by atoms with E-state index in [0.717, 1.165) is 11.1 Å². The zero-order chi connectivity index (χ0) is 32.6. The molecule has 2 saturated heterocycles. The number of methoxy groups -OCH3 is 2. The van der Waals surface area contributed by atoms with Gasteiger partial charge in [-0.25, -0.2) is 4.79 Å². The molecule has 3 aliphatic rings. The number of rotatable bonds is 4. The highest BCUT2D eigenvalue weighted by molar-refractivity contribution is 6.35. The molecule has 0 saturated carbocycles. The van der Waals surface area contributed by atoms with Crippen molar-refractivity contribution in [2.45, 2.75) is 89.6 Å². The van der Waals surface area contributed by atoms with Crippen molar-refractivity contribution in [3.63, 3.8) is 0 Å². The molecule has 1 aromatic carbocycles. The predicted molar refractivity (Wildman–Crippen MR) is 164 cm³/mol. The third-order valence-corrected chi connectivity index (χ3v) is 9.06. The summed E-state index contributed by atoms with van der Waals surface area (Å²) in [5, 5.41) is 14.4. The number of esters is 1. The first-order valence-corrected chi connectivity index (χ1v) is 15.1. The van der Waals surface area contributed by atoms with Crippen LogP contribution in [0.3, 0.4) is 0 Å². The highest BCUT2D eigenvalue weighted by Crippen LogP contribution is 2.49. The third-order valence-electron chi connectivity index (χ3n) is 8.68. The number of hydrogen-bond donors (Lipinski definition) is 2. The number of alkyl carbamates (subject to hydrolysis) is 1. The van der Waals surface area contributed by atoms with Crippen LogP contribution in [0.1, 0.15) is 53.0 Å². The van der Waals surface area contributed by atoms with Crippen LogP contribution in [-0.4, -0.2) is 80.1 Å². The maximum absolute atomic E-state index is 13.8. The van der Waals surface area contributed by atoms with Crippen LogP contribution in [0.2, 0.25) is 5.02 Å². The second-order valence-electron chi connectivity index (χ2n) is 12.4. The van der Waals surface area contributed by atoms with Crippen LogP contribution in [-0.2, 0) is 35.0 Å². The first kappa shape index (κ1) is 33.8. The molecule has 3 unspecified atom stereocenters. The molecule has 7 atom stereocenters. The molecule has 0 spiro atoms. The number of aliphatic hydroxyl groups is 1. The molecule has 2 amide bonds. The molecule has 0 aromatic heterocycles. The van der Waals surface area contributed by atoms with Gasteiger partial charge in [-0.15, -0.1) is 0 Å². The number of hydrogen-bond acceptors (Lipinski definition) is 9. The summed E-state index contributed by atoms with van der Waals surface area (Å²) < 4.78 is 28.8. The Kier molecular flexibility index (Phi) is 10.0. The van der Waals surface area contributed by atoms with Crippen LogP contribution < -0.4 is 15.0 Å². The smallest absolute Gasteiger partial charge is 0.409 e. The van der Waals surface area contributed by atoms with E-state index in [1.807, 2.05) is 32.1 Å². The zero-order valence-corrected chi connectivity index (χ0v) is 27.3. The normalized spacial score (nSPS) is 32.8. The fourth-order valence-corrected chi connectivity index (χ4v) is 6.19. The molecule has 3 aliphatic heterocycles. The van der Waals surface area contributed by atoms with Crippen molar-refractivity contribution < 1.29 is 43.2 Å². The van der Waals surface area contributed by atoms with Gasteiger partial charge in [0.2, 0.25) is 5.91 Å². The standard InChI is InChI=1S/C32H43ClN2O9/c1-17(2)29(37)43-25-15-26(36)35(6)21-13-20(14-22(40-7)27(21)33)12-18(3)10-9-11-24(41-8)32(39)16-23(42-30(38)34-32)19(4)28-31(25,5)44-28/h9-11,13-14,17,19,23-25,28,39H,12,15-16H2,1-8H3,(H,34,38)/t19?,23-,24?,25?,28+,31-,32-/m0/s1. The van der Waals surface area contributed by atoms with Crippen molar-refractivity contribution in [3.8, 4) is 5.75 Å². The second-order valence-corrected chi connectivity index (χ2v) is 12.8. The summed E-state index contributed by atoms with van der Waals surface area (Å²) in [6.07, 6.45) is 1.65. The average Bonchev–Trinajstić information content (AvgIpc) is 3.66. The van der Waals surface area contributed by atoms with Crippen molar-refractivity contribution >= 4 is 35.3 Å². The van der Waals surface area contributed by atoms with E-state index in [4.69, 9.17) is 35.3 Å². The van der Waals surface area contributed by atoms with Gasteiger partial charge in [0.05, 0.1) is 31.2 Å². The number of allylic oxidation sites excluding steroid dienone is 3. The summed E-state index contributed by atoms with van der Waals surface area (Å²) in [6, 6.07) is 3.63. The number of carbonyl (C=O) groups is 3. The van der Waals surface area contributed by atoms with Crippen molar-refractivity contribution in [2.24, 2.45) is 11.8 Å². The van der Waals surface area contributed by atoms with Crippen LogP contribution in [0.5, 0.6) is 5.75 Å². The first-order chi connectivity index (χ1) is 20.6. The molecule has 4 bridgehead atoms. The van der Waals surface area contributed by atoms with E-state index in [0.29, 0.717) is 17.9 Å². The van der Waals surface area contributed by atoms with Crippen LogP contribution in [0.4, 0.5) is 10.5 Å². The molecule has 242 valence electrons. The highest BCUT2D eigenvalue weighted by Gasteiger charge is 2.64. The summed E-state index contributed by atoms with van der Waals surface area (Å²) in [5.41, 5.74) is -0.587. The molecular weight excluding hydrogens is 592 g/mol.